The SMILES string of the molecule is CCOC(=O)C1=C(CN2CCN(c3ccccc3C)CC2)NC(=O)N[C@H]1c1ccc(Cl)cc1. The first-order valence-electron chi connectivity index (χ1n) is 11.2. The summed E-state index contributed by atoms with van der Waals surface area (Å²) in [5.74, 6) is -0.432. The first-order valence-corrected chi connectivity index (χ1v) is 11.6. The Labute approximate surface area is 199 Å². The third kappa shape index (κ3) is 5.31. The van der Waals surface area contributed by atoms with Crippen molar-refractivity contribution in [2.45, 2.75) is 19.9 Å². The van der Waals surface area contributed by atoms with Gasteiger partial charge >= 0.3 is 12.0 Å². The van der Waals surface area contributed by atoms with E-state index in [0.717, 1.165) is 31.7 Å². The first-order chi connectivity index (χ1) is 16.0. The molecule has 0 bridgehead atoms. The van der Waals surface area contributed by atoms with E-state index in [9.17, 15) is 9.59 Å². The van der Waals surface area contributed by atoms with Crippen LogP contribution in [0.2, 0.25) is 5.02 Å². The molecule has 2 amide bonds. The maximum Gasteiger partial charge on any atom is 0.338 e. The number of hydrogen-bond acceptors (Lipinski definition) is 5. The molecule has 7 nitrogen and oxygen atoms in total. The molecule has 2 N–H and O–H groups in total. The van der Waals surface area contributed by atoms with E-state index in [1.54, 1.807) is 19.1 Å². The summed E-state index contributed by atoms with van der Waals surface area (Å²) in [5.41, 5.74) is 4.30. The van der Waals surface area contributed by atoms with Gasteiger partial charge in [-0.2, -0.15) is 0 Å². The zero-order valence-corrected chi connectivity index (χ0v) is 19.7. The van der Waals surface area contributed by atoms with Crippen molar-refractivity contribution in [1.29, 1.82) is 0 Å². The second kappa shape index (κ2) is 10.3. The average molecular weight is 469 g/mol. The number of carbonyl (C=O) groups excluding carboxylic acids is 2. The fourth-order valence-electron chi connectivity index (χ4n) is 4.39. The number of nitrogens with one attached hydrogen (secondary N) is 2. The molecule has 1 saturated heterocycles. The van der Waals surface area contributed by atoms with Crippen LogP contribution in [-0.4, -0.2) is 56.2 Å². The van der Waals surface area contributed by atoms with Gasteiger partial charge in [-0.1, -0.05) is 41.9 Å². The molecule has 174 valence electrons. The van der Waals surface area contributed by atoms with Gasteiger partial charge < -0.3 is 20.3 Å². The summed E-state index contributed by atoms with van der Waals surface area (Å²) in [4.78, 5) is 30.1. The highest BCUT2D eigenvalue weighted by Crippen LogP contribution is 2.29. The lowest BCUT2D eigenvalue weighted by molar-refractivity contribution is -0.139. The van der Waals surface area contributed by atoms with Gasteiger partial charge in [0.15, 0.2) is 0 Å². The molecule has 8 heteroatoms. The van der Waals surface area contributed by atoms with Crippen LogP contribution in [0.25, 0.3) is 0 Å². The van der Waals surface area contributed by atoms with Gasteiger partial charge in [-0.05, 0) is 43.2 Å². The Morgan fingerprint density at radius 2 is 1.79 bits per heavy atom. The maximum atomic E-state index is 13.0. The van der Waals surface area contributed by atoms with E-state index in [1.165, 1.54) is 11.3 Å². The fraction of sp³-hybridized carbons (Fsp3) is 0.360. The van der Waals surface area contributed by atoms with E-state index >= 15 is 0 Å². The Balaban J connectivity index is 1.56. The average Bonchev–Trinajstić information content (AvgIpc) is 2.80. The van der Waals surface area contributed by atoms with Crippen LogP contribution < -0.4 is 15.5 Å². The van der Waals surface area contributed by atoms with Crippen LogP contribution in [0.3, 0.4) is 0 Å². The highest BCUT2D eigenvalue weighted by molar-refractivity contribution is 6.30. The van der Waals surface area contributed by atoms with E-state index in [-0.39, 0.29) is 12.6 Å². The quantitative estimate of drug-likeness (QED) is 0.633. The van der Waals surface area contributed by atoms with Crippen LogP contribution in [-0.2, 0) is 9.53 Å². The molecule has 4 rings (SSSR count). The highest BCUT2D eigenvalue weighted by Gasteiger charge is 2.34. The number of piperazine rings is 1. The number of ether oxygens (including phenoxy) is 1. The largest absolute Gasteiger partial charge is 0.463 e. The van der Waals surface area contributed by atoms with Crippen molar-refractivity contribution in [3.05, 3.63) is 76.0 Å². The van der Waals surface area contributed by atoms with E-state index in [1.807, 2.05) is 12.1 Å². The summed E-state index contributed by atoms with van der Waals surface area (Å²) in [6.07, 6.45) is 0. The number of nitrogens with zero attached hydrogens (tertiary/aromatic N) is 2. The van der Waals surface area contributed by atoms with Crippen molar-refractivity contribution < 1.29 is 14.3 Å². The van der Waals surface area contributed by atoms with E-state index in [4.69, 9.17) is 16.3 Å². The standard InChI is InChI=1S/C25H29ClN4O3/c1-3-33-24(31)22-20(27-25(32)28-23(22)18-8-10-19(26)11-9-18)16-29-12-14-30(15-13-29)21-7-5-4-6-17(21)2/h4-11,23H,3,12-16H2,1-2H3,(H2,27,28,32)/t23-/m0/s1. The monoisotopic (exact) mass is 468 g/mol. The predicted octanol–water partition coefficient (Wildman–Crippen LogP) is 3.64. The molecule has 0 saturated carbocycles. The Morgan fingerprint density at radius 1 is 1.09 bits per heavy atom. The van der Waals surface area contributed by atoms with Crippen LogP contribution >= 0.6 is 11.6 Å². The summed E-state index contributed by atoms with van der Waals surface area (Å²) in [7, 11) is 0. The number of anilines is 1. The van der Waals surface area contributed by atoms with Crippen molar-refractivity contribution >= 4 is 29.3 Å². The minimum atomic E-state index is -0.599. The molecular weight excluding hydrogens is 440 g/mol. The van der Waals surface area contributed by atoms with E-state index < -0.39 is 12.0 Å². The summed E-state index contributed by atoms with van der Waals surface area (Å²) in [5, 5.41) is 6.32. The van der Waals surface area contributed by atoms with Crippen molar-refractivity contribution in [3.63, 3.8) is 0 Å². The van der Waals surface area contributed by atoms with Crippen molar-refractivity contribution in [3.8, 4) is 0 Å². The molecule has 1 atom stereocenters. The number of rotatable bonds is 6. The van der Waals surface area contributed by atoms with Gasteiger partial charge in [0, 0.05) is 49.1 Å². The minimum absolute atomic E-state index is 0.256. The van der Waals surface area contributed by atoms with Crippen molar-refractivity contribution in [2.24, 2.45) is 0 Å². The molecule has 1 fully saturated rings. The molecule has 0 spiro atoms. The third-order valence-electron chi connectivity index (χ3n) is 6.06. The zero-order chi connectivity index (χ0) is 23.4. The van der Waals surface area contributed by atoms with Crippen LogP contribution in [0.4, 0.5) is 10.5 Å². The Hall–Kier alpha value is -3.03. The molecule has 0 radical (unpaired) electrons. The third-order valence-corrected chi connectivity index (χ3v) is 6.31. The summed E-state index contributed by atoms with van der Waals surface area (Å²) >= 11 is 6.04. The molecule has 33 heavy (non-hydrogen) atoms. The molecule has 2 aromatic rings. The number of aryl methyl sites for hydroxylation is 1. The van der Waals surface area contributed by atoms with E-state index in [0.29, 0.717) is 22.8 Å². The maximum absolute atomic E-state index is 13.0. The van der Waals surface area contributed by atoms with Crippen LogP contribution in [0, 0.1) is 6.92 Å². The smallest absolute Gasteiger partial charge is 0.338 e. The second-order valence-corrected chi connectivity index (χ2v) is 8.68. The van der Waals surface area contributed by atoms with Gasteiger partial charge in [-0.15, -0.1) is 0 Å². The van der Waals surface area contributed by atoms with Crippen LogP contribution in [0.5, 0.6) is 0 Å². The number of halogens is 1. The van der Waals surface area contributed by atoms with Gasteiger partial charge in [0.1, 0.15) is 0 Å². The van der Waals surface area contributed by atoms with Gasteiger partial charge in [0.25, 0.3) is 0 Å². The summed E-state index contributed by atoms with van der Waals surface area (Å²) < 4.78 is 5.36. The van der Waals surface area contributed by atoms with Crippen molar-refractivity contribution in [2.75, 3.05) is 44.2 Å². The Bertz CT molecular complexity index is 1050. The highest BCUT2D eigenvalue weighted by atomic mass is 35.5. The predicted molar refractivity (Wildman–Crippen MR) is 129 cm³/mol. The number of hydrogen-bond donors (Lipinski definition) is 2. The molecular formula is C25H29ClN4O3. The van der Waals surface area contributed by atoms with Gasteiger partial charge in [0.2, 0.25) is 0 Å². The molecule has 2 aliphatic heterocycles. The van der Waals surface area contributed by atoms with Gasteiger partial charge in [-0.25, -0.2) is 9.59 Å². The molecule has 2 heterocycles. The van der Waals surface area contributed by atoms with Crippen LogP contribution in [0.1, 0.15) is 24.1 Å². The number of benzene rings is 2. The first kappa shape index (κ1) is 23.1. The molecule has 0 aliphatic carbocycles. The lowest BCUT2D eigenvalue weighted by atomic mass is 9.95. The van der Waals surface area contributed by atoms with Gasteiger partial charge in [-0.3, -0.25) is 4.90 Å². The summed E-state index contributed by atoms with van der Waals surface area (Å²) in [6, 6.07) is 14.6. The number of para-hydroxylation sites is 1. The molecule has 0 unspecified atom stereocenters. The number of amides is 2. The fourth-order valence-corrected chi connectivity index (χ4v) is 4.51. The Kier molecular flexibility index (Phi) is 7.20. The van der Waals surface area contributed by atoms with Crippen molar-refractivity contribution in [1.82, 2.24) is 15.5 Å². The lowest BCUT2D eigenvalue weighted by Crippen LogP contribution is -2.52. The molecule has 2 aromatic carbocycles. The lowest BCUT2D eigenvalue weighted by Gasteiger charge is -2.38. The topological polar surface area (TPSA) is 73.9 Å². The van der Waals surface area contributed by atoms with Crippen LogP contribution in [0.15, 0.2) is 59.8 Å². The summed E-state index contributed by atoms with van der Waals surface area (Å²) in [6.45, 7) is 8.01. The second-order valence-electron chi connectivity index (χ2n) is 8.25. The Morgan fingerprint density at radius 3 is 2.45 bits per heavy atom. The van der Waals surface area contributed by atoms with Gasteiger partial charge in [0.05, 0.1) is 18.2 Å². The normalized spacial score (nSPS) is 19.2. The number of urea groups is 1. The zero-order valence-electron chi connectivity index (χ0n) is 18.9. The number of carbonyl (C=O) groups is 2. The minimum Gasteiger partial charge on any atom is -0.463 e. The molecule has 0 aromatic heterocycles. The molecule has 2 aliphatic rings. The number of esters is 1. The van der Waals surface area contributed by atoms with E-state index in [2.05, 4.69) is 51.6 Å².